The van der Waals surface area contributed by atoms with Crippen LogP contribution in [0, 0.1) is 6.92 Å². The number of nitrogens with one attached hydrogen (secondary N) is 2. The van der Waals surface area contributed by atoms with Gasteiger partial charge in [-0.2, -0.15) is 4.98 Å². The largest absolute Gasteiger partial charge is 0.393 e. The third kappa shape index (κ3) is 3.25. The van der Waals surface area contributed by atoms with E-state index in [2.05, 4.69) is 21.4 Å². The summed E-state index contributed by atoms with van der Waals surface area (Å²) in [5.41, 5.74) is 2.85. The van der Waals surface area contributed by atoms with Crippen LogP contribution in [-0.4, -0.2) is 40.9 Å². The van der Waals surface area contributed by atoms with Gasteiger partial charge in [0.1, 0.15) is 0 Å². The van der Waals surface area contributed by atoms with E-state index in [4.69, 9.17) is 0 Å². The number of aromatic amines is 1. The summed E-state index contributed by atoms with van der Waals surface area (Å²) in [5.74, 6) is 0.528. The normalized spacial score (nSPS) is 19.0. The lowest BCUT2D eigenvalue weighted by molar-refractivity contribution is 0.182. The molecule has 3 aromatic heterocycles. The van der Waals surface area contributed by atoms with Crippen LogP contribution in [0.5, 0.6) is 0 Å². The fourth-order valence-corrected chi connectivity index (χ4v) is 4.55. The van der Waals surface area contributed by atoms with E-state index in [1.54, 1.807) is 18.7 Å². The van der Waals surface area contributed by atoms with Crippen LogP contribution in [0.3, 0.4) is 0 Å². The van der Waals surface area contributed by atoms with Crippen LogP contribution >= 0.6 is 0 Å². The number of hydrogen-bond acceptors (Lipinski definition) is 5. The van der Waals surface area contributed by atoms with Crippen molar-refractivity contribution in [3.05, 3.63) is 56.4 Å². The molecule has 1 aromatic carbocycles. The molecule has 0 aliphatic heterocycles. The number of hydrogen-bond donors (Lipinski definition) is 3. The maximum atomic E-state index is 13.3. The van der Waals surface area contributed by atoms with Gasteiger partial charge in [-0.1, -0.05) is 11.6 Å². The Balaban J connectivity index is 1.57. The molecule has 0 amide bonds. The Morgan fingerprint density at radius 2 is 2.00 bits per heavy atom. The zero-order valence-electron chi connectivity index (χ0n) is 17.8. The van der Waals surface area contributed by atoms with E-state index in [1.165, 1.54) is 9.13 Å². The molecule has 1 aliphatic carbocycles. The number of aliphatic hydroxyl groups excluding tert-OH is 1. The first-order valence-corrected chi connectivity index (χ1v) is 10.5. The Kier molecular flexibility index (Phi) is 4.51. The predicted molar refractivity (Wildman–Crippen MR) is 120 cm³/mol. The minimum Gasteiger partial charge on any atom is -0.393 e. The molecule has 1 aliphatic rings. The van der Waals surface area contributed by atoms with Crippen LogP contribution in [0.1, 0.15) is 30.5 Å². The summed E-state index contributed by atoms with van der Waals surface area (Å²) in [6, 6.07) is 8.16. The van der Waals surface area contributed by atoms with E-state index in [0.29, 0.717) is 23.5 Å². The summed E-state index contributed by atoms with van der Waals surface area (Å²) in [5, 5.41) is 14.2. The zero-order chi connectivity index (χ0) is 21.9. The van der Waals surface area contributed by atoms with Gasteiger partial charge in [-0.25, -0.2) is 4.79 Å². The molecule has 3 N–H and O–H groups in total. The number of H-pyrrole nitrogens is 1. The standard InChI is InChI=1S/C22H26N6O3/c1-12-4-7-17-13(8-12)9-15(23-17)11-28-20(30)18-19(27(3)22(28)31)25-21(26(18)2)24-14-5-6-16(29)10-14/h4,7-9,14,16,23,29H,5-6,10-11H2,1-3H3,(H,24,25). The third-order valence-electron chi connectivity index (χ3n) is 6.26. The molecule has 4 aromatic rings. The highest BCUT2D eigenvalue weighted by Crippen LogP contribution is 2.24. The minimum absolute atomic E-state index is 0.0968. The second-order valence-electron chi connectivity index (χ2n) is 8.59. The number of imidazole rings is 1. The van der Waals surface area contributed by atoms with Crippen LogP contribution in [0.15, 0.2) is 33.9 Å². The van der Waals surface area contributed by atoms with Crippen LogP contribution < -0.4 is 16.6 Å². The summed E-state index contributed by atoms with van der Waals surface area (Å²) >= 11 is 0. The number of aryl methyl sites for hydroxylation is 3. The van der Waals surface area contributed by atoms with Crippen molar-refractivity contribution >= 4 is 28.0 Å². The van der Waals surface area contributed by atoms with Crippen molar-refractivity contribution < 1.29 is 5.11 Å². The Morgan fingerprint density at radius 1 is 1.19 bits per heavy atom. The Morgan fingerprint density at radius 3 is 2.74 bits per heavy atom. The Bertz CT molecular complexity index is 1420. The lowest BCUT2D eigenvalue weighted by Crippen LogP contribution is -2.39. The van der Waals surface area contributed by atoms with E-state index in [9.17, 15) is 14.7 Å². The van der Waals surface area contributed by atoms with Gasteiger partial charge in [0.15, 0.2) is 11.2 Å². The van der Waals surface area contributed by atoms with Gasteiger partial charge in [-0.15, -0.1) is 0 Å². The highest BCUT2D eigenvalue weighted by atomic mass is 16.3. The monoisotopic (exact) mass is 422 g/mol. The minimum atomic E-state index is -0.409. The first kappa shape index (κ1) is 19.6. The summed E-state index contributed by atoms with van der Waals surface area (Å²) in [7, 11) is 3.40. The molecule has 31 heavy (non-hydrogen) atoms. The molecule has 1 fully saturated rings. The lowest BCUT2D eigenvalue weighted by atomic mass is 10.2. The average Bonchev–Trinajstić information content (AvgIpc) is 3.41. The van der Waals surface area contributed by atoms with Crippen LogP contribution in [0.4, 0.5) is 5.95 Å². The molecule has 2 unspecified atom stereocenters. The molecule has 2 atom stereocenters. The summed E-state index contributed by atoms with van der Waals surface area (Å²) in [6.45, 7) is 2.18. The van der Waals surface area contributed by atoms with E-state index >= 15 is 0 Å². The van der Waals surface area contributed by atoms with Gasteiger partial charge in [0.2, 0.25) is 5.95 Å². The number of fused-ring (bicyclic) bond motifs is 2. The molecule has 3 heterocycles. The van der Waals surface area contributed by atoms with Gasteiger partial charge < -0.3 is 20.0 Å². The van der Waals surface area contributed by atoms with Crippen molar-refractivity contribution in [3.8, 4) is 0 Å². The fourth-order valence-electron chi connectivity index (χ4n) is 4.55. The van der Waals surface area contributed by atoms with Gasteiger partial charge in [0, 0.05) is 31.3 Å². The topological polar surface area (TPSA) is 110 Å². The average molecular weight is 422 g/mol. The summed E-state index contributed by atoms with van der Waals surface area (Å²) in [6.07, 6.45) is 1.92. The van der Waals surface area contributed by atoms with Crippen LogP contribution in [0.2, 0.25) is 0 Å². The first-order chi connectivity index (χ1) is 14.8. The zero-order valence-corrected chi connectivity index (χ0v) is 17.8. The van der Waals surface area contributed by atoms with E-state index in [-0.39, 0.29) is 24.2 Å². The fraction of sp³-hybridized carbons (Fsp3) is 0.409. The molecule has 5 rings (SSSR count). The maximum Gasteiger partial charge on any atom is 0.332 e. The molecule has 9 nitrogen and oxygen atoms in total. The number of benzene rings is 1. The highest BCUT2D eigenvalue weighted by molar-refractivity contribution is 5.81. The molecule has 0 radical (unpaired) electrons. The van der Waals surface area contributed by atoms with E-state index in [1.807, 2.05) is 25.1 Å². The third-order valence-corrected chi connectivity index (χ3v) is 6.26. The molecule has 0 bridgehead atoms. The van der Waals surface area contributed by atoms with Crippen molar-refractivity contribution in [2.24, 2.45) is 14.1 Å². The number of anilines is 1. The quantitative estimate of drug-likeness (QED) is 0.463. The number of rotatable bonds is 4. The molecular weight excluding hydrogens is 396 g/mol. The van der Waals surface area contributed by atoms with Crippen molar-refractivity contribution in [2.75, 3.05) is 5.32 Å². The number of aliphatic hydroxyl groups is 1. The second kappa shape index (κ2) is 7.12. The molecule has 162 valence electrons. The molecule has 9 heteroatoms. The smallest absolute Gasteiger partial charge is 0.332 e. The van der Waals surface area contributed by atoms with Crippen LogP contribution in [-0.2, 0) is 20.6 Å². The van der Waals surface area contributed by atoms with Crippen molar-refractivity contribution in [1.29, 1.82) is 0 Å². The first-order valence-electron chi connectivity index (χ1n) is 10.5. The molecule has 0 spiro atoms. The SMILES string of the molecule is Cc1ccc2[nH]c(Cn3c(=O)c4c(nc(NC5CCC(O)C5)n4C)n(C)c3=O)cc2c1. The van der Waals surface area contributed by atoms with Crippen molar-refractivity contribution in [3.63, 3.8) is 0 Å². The predicted octanol–water partition coefficient (Wildman–Crippen LogP) is 1.60. The van der Waals surface area contributed by atoms with E-state index in [0.717, 1.165) is 35.0 Å². The van der Waals surface area contributed by atoms with Crippen molar-refractivity contribution in [2.45, 2.75) is 44.9 Å². The van der Waals surface area contributed by atoms with Gasteiger partial charge in [0.25, 0.3) is 5.56 Å². The summed E-state index contributed by atoms with van der Waals surface area (Å²) < 4.78 is 4.36. The van der Waals surface area contributed by atoms with Crippen molar-refractivity contribution in [1.82, 2.24) is 23.7 Å². The highest BCUT2D eigenvalue weighted by Gasteiger charge is 2.25. The Hall–Kier alpha value is -3.33. The van der Waals surface area contributed by atoms with Crippen LogP contribution in [0.25, 0.3) is 22.1 Å². The lowest BCUT2D eigenvalue weighted by Gasteiger charge is -2.12. The molecule has 1 saturated carbocycles. The van der Waals surface area contributed by atoms with Gasteiger partial charge in [-0.3, -0.25) is 13.9 Å². The van der Waals surface area contributed by atoms with Gasteiger partial charge in [-0.05, 0) is 49.8 Å². The molecular formula is C22H26N6O3. The maximum absolute atomic E-state index is 13.3. The van der Waals surface area contributed by atoms with E-state index < -0.39 is 5.69 Å². The number of nitrogens with zero attached hydrogens (tertiary/aromatic N) is 4. The second-order valence-corrected chi connectivity index (χ2v) is 8.59. The Labute approximate surface area is 178 Å². The van der Waals surface area contributed by atoms with Gasteiger partial charge >= 0.3 is 5.69 Å². The molecule has 0 saturated heterocycles. The number of aromatic nitrogens is 5. The summed E-state index contributed by atoms with van der Waals surface area (Å²) in [4.78, 5) is 34.1. The van der Waals surface area contributed by atoms with Gasteiger partial charge in [0.05, 0.1) is 12.6 Å².